The highest BCUT2D eigenvalue weighted by molar-refractivity contribution is 7.48. The second kappa shape index (κ2) is 9.90. The molecule has 3 saturated heterocycles. The van der Waals surface area contributed by atoms with E-state index in [0.717, 1.165) is 38.3 Å². The number of hydrogen-bond donors (Lipinski definition) is 0. The van der Waals surface area contributed by atoms with Crippen LogP contribution in [0.25, 0.3) is 0 Å². The largest absolute Gasteiger partial charge is 0.474 e. The van der Waals surface area contributed by atoms with Crippen LogP contribution in [0.15, 0.2) is 0 Å². The lowest BCUT2D eigenvalue weighted by Gasteiger charge is -2.42. The van der Waals surface area contributed by atoms with Gasteiger partial charge in [0.2, 0.25) is 5.79 Å². The SMILES string of the molecule is CCCCB1O[C@@H]2[C@@H](CO[C@@]3(COP(=O)(OC)OC)OB(CCCC)O[C@@H]23)O1. The number of phosphoric acid groups is 1. The van der Waals surface area contributed by atoms with Gasteiger partial charge in [-0.15, -0.1) is 0 Å². The lowest BCUT2D eigenvalue weighted by atomic mass is 9.82. The Kier molecular flexibility index (Phi) is 8.03. The predicted octanol–water partition coefficient (Wildman–Crippen LogP) is 2.91. The molecule has 3 aliphatic rings. The van der Waals surface area contributed by atoms with E-state index < -0.39 is 26.8 Å². The molecular weight excluding hydrogens is 389 g/mol. The van der Waals surface area contributed by atoms with Gasteiger partial charge in [0.15, 0.2) is 0 Å². The predicted molar refractivity (Wildman–Crippen MR) is 103 cm³/mol. The van der Waals surface area contributed by atoms with Crippen molar-refractivity contribution < 1.29 is 41.5 Å². The minimum Gasteiger partial charge on any atom is -0.403 e. The lowest BCUT2D eigenvalue weighted by molar-refractivity contribution is -0.268. The van der Waals surface area contributed by atoms with E-state index in [4.69, 9.17) is 36.9 Å². The summed E-state index contributed by atoms with van der Waals surface area (Å²) in [4.78, 5) is 0. The Morgan fingerprint density at radius 1 is 1.04 bits per heavy atom. The van der Waals surface area contributed by atoms with E-state index in [9.17, 15) is 4.57 Å². The van der Waals surface area contributed by atoms with Crippen LogP contribution >= 0.6 is 7.82 Å². The fraction of sp³-hybridized carbons (Fsp3) is 1.00. The summed E-state index contributed by atoms with van der Waals surface area (Å²) >= 11 is 0. The summed E-state index contributed by atoms with van der Waals surface area (Å²) in [6.45, 7) is 4.35. The van der Waals surface area contributed by atoms with Crippen molar-refractivity contribution in [2.24, 2.45) is 0 Å². The minimum atomic E-state index is -3.69. The topological polar surface area (TPSA) is 90.9 Å². The van der Waals surface area contributed by atoms with Gasteiger partial charge in [0, 0.05) is 14.2 Å². The maximum absolute atomic E-state index is 12.4. The molecule has 0 N–H and O–H groups in total. The van der Waals surface area contributed by atoms with Gasteiger partial charge in [-0.3, -0.25) is 13.6 Å². The Bertz CT molecular complexity index is 548. The highest BCUT2D eigenvalue weighted by atomic mass is 31.2. The highest BCUT2D eigenvalue weighted by Gasteiger charge is 2.63. The number of unbranched alkanes of at least 4 members (excludes halogenated alkanes) is 2. The van der Waals surface area contributed by atoms with E-state index >= 15 is 0 Å². The van der Waals surface area contributed by atoms with Crippen molar-refractivity contribution in [2.45, 2.75) is 76.3 Å². The van der Waals surface area contributed by atoms with E-state index in [-0.39, 0.29) is 32.5 Å². The summed E-state index contributed by atoms with van der Waals surface area (Å²) in [6, 6.07) is 0. The molecule has 0 unspecified atom stereocenters. The van der Waals surface area contributed by atoms with Crippen molar-refractivity contribution in [3.8, 4) is 0 Å². The van der Waals surface area contributed by atoms with Crippen molar-refractivity contribution in [1.29, 1.82) is 0 Å². The van der Waals surface area contributed by atoms with E-state index in [1.807, 2.05) is 0 Å². The van der Waals surface area contributed by atoms with Crippen molar-refractivity contribution in [1.82, 2.24) is 0 Å². The van der Waals surface area contributed by atoms with Crippen LogP contribution in [0.2, 0.25) is 12.6 Å². The van der Waals surface area contributed by atoms with Gasteiger partial charge in [-0.2, -0.15) is 0 Å². The number of hydrogen-bond acceptors (Lipinski definition) is 9. The summed E-state index contributed by atoms with van der Waals surface area (Å²) in [5, 5.41) is 0. The quantitative estimate of drug-likeness (QED) is 0.370. The Balaban J connectivity index is 1.73. The third-order valence-corrected chi connectivity index (χ3v) is 6.65. The van der Waals surface area contributed by atoms with E-state index in [1.54, 1.807) is 0 Å². The highest BCUT2D eigenvalue weighted by Crippen LogP contribution is 2.50. The average molecular weight is 420 g/mol. The Morgan fingerprint density at radius 2 is 1.71 bits per heavy atom. The summed E-state index contributed by atoms with van der Waals surface area (Å²) in [5.74, 6) is -1.24. The van der Waals surface area contributed by atoms with Crippen LogP contribution in [0, 0.1) is 0 Å². The molecule has 3 rings (SSSR count). The monoisotopic (exact) mass is 420 g/mol. The number of phosphoric ester groups is 1. The number of rotatable bonds is 11. The average Bonchev–Trinajstić information content (AvgIpc) is 3.30. The van der Waals surface area contributed by atoms with Crippen LogP contribution < -0.4 is 0 Å². The molecule has 0 aliphatic carbocycles. The molecule has 0 saturated carbocycles. The summed E-state index contributed by atoms with van der Waals surface area (Å²) < 4.78 is 58.0. The molecule has 4 atom stereocenters. The maximum atomic E-state index is 12.4. The third kappa shape index (κ3) is 4.85. The van der Waals surface area contributed by atoms with Crippen LogP contribution in [-0.4, -0.2) is 65.8 Å². The molecule has 0 bridgehead atoms. The molecule has 12 heteroatoms. The Labute approximate surface area is 167 Å². The molecule has 3 aliphatic heterocycles. The van der Waals surface area contributed by atoms with Crippen LogP contribution in [0.4, 0.5) is 0 Å². The van der Waals surface area contributed by atoms with Crippen molar-refractivity contribution in [3.05, 3.63) is 0 Å². The van der Waals surface area contributed by atoms with Crippen molar-refractivity contribution in [3.63, 3.8) is 0 Å². The zero-order valence-electron chi connectivity index (χ0n) is 17.2. The normalized spacial score (nSPS) is 32.6. The van der Waals surface area contributed by atoms with Gasteiger partial charge in [0.25, 0.3) is 0 Å². The Morgan fingerprint density at radius 3 is 2.36 bits per heavy atom. The molecule has 0 radical (unpaired) electrons. The molecule has 160 valence electrons. The van der Waals surface area contributed by atoms with Crippen molar-refractivity contribution >= 4 is 22.1 Å². The third-order valence-electron chi connectivity index (χ3n) is 5.31. The fourth-order valence-corrected chi connectivity index (χ4v) is 4.43. The van der Waals surface area contributed by atoms with Crippen LogP contribution in [0.5, 0.6) is 0 Å². The smallest absolute Gasteiger partial charge is 0.403 e. The second-order valence-electron chi connectivity index (χ2n) is 7.30. The molecular formula is C16H31B2O9P. The van der Waals surface area contributed by atoms with Gasteiger partial charge in [0.05, 0.1) is 18.8 Å². The first-order valence-corrected chi connectivity index (χ1v) is 11.6. The molecule has 0 spiro atoms. The Hall–Kier alpha value is 0.0399. The van der Waals surface area contributed by atoms with Crippen LogP contribution in [0.1, 0.15) is 39.5 Å². The molecule has 0 aromatic carbocycles. The summed E-state index contributed by atoms with van der Waals surface area (Å²) in [5.41, 5.74) is 0. The molecule has 0 aromatic rings. The minimum absolute atomic E-state index is 0.161. The molecule has 0 amide bonds. The molecule has 9 nitrogen and oxygen atoms in total. The zero-order valence-corrected chi connectivity index (χ0v) is 18.1. The van der Waals surface area contributed by atoms with Crippen LogP contribution in [0.3, 0.4) is 0 Å². The first-order valence-electron chi connectivity index (χ1n) is 10.1. The van der Waals surface area contributed by atoms with Gasteiger partial charge in [-0.1, -0.05) is 39.5 Å². The zero-order chi connectivity index (χ0) is 20.2. The van der Waals surface area contributed by atoms with Crippen LogP contribution in [-0.2, 0) is 41.5 Å². The van der Waals surface area contributed by atoms with E-state index in [2.05, 4.69) is 13.8 Å². The molecule has 28 heavy (non-hydrogen) atoms. The summed E-state index contributed by atoms with van der Waals surface area (Å²) in [7, 11) is -1.89. The fourth-order valence-electron chi connectivity index (χ4n) is 3.73. The second-order valence-corrected chi connectivity index (χ2v) is 9.18. The number of fused-ring (bicyclic) bond motifs is 3. The number of ether oxygens (including phenoxy) is 1. The van der Waals surface area contributed by atoms with Gasteiger partial charge >= 0.3 is 22.1 Å². The first kappa shape index (κ1) is 22.7. The van der Waals surface area contributed by atoms with Gasteiger partial charge in [0.1, 0.15) is 12.7 Å². The lowest BCUT2D eigenvalue weighted by Crippen LogP contribution is -2.60. The summed E-state index contributed by atoms with van der Waals surface area (Å²) in [6.07, 6.45) is 4.48. The van der Waals surface area contributed by atoms with Gasteiger partial charge in [-0.25, -0.2) is 4.57 Å². The van der Waals surface area contributed by atoms with E-state index in [1.165, 1.54) is 14.2 Å². The maximum Gasteiger partial charge on any atom is 0.474 e. The van der Waals surface area contributed by atoms with E-state index in [0.29, 0.717) is 0 Å². The first-order chi connectivity index (χ1) is 13.5. The van der Waals surface area contributed by atoms with Crippen molar-refractivity contribution in [2.75, 3.05) is 27.4 Å². The molecule has 3 fully saturated rings. The van der Waals surface area contributed by atoms with Gasteiger partial charge in [-0.05, 0) is 12.6 Å². The standard InChI is InChI=1S/C16H31B2O9P/c1-5-7-9-17-24-13-11-22-16(12-23-28(19,20-3)21-4)15(14(13)25-17)26-18(27-16)10-8-6-2/h13-15H,5-12H2,1-4H3/t13-,14-,15+,16+/m1/s1. The molecule has 0 aromatic heterocycles. The molecule has 3 heterocycles. The van der Waals surface area contributed by atoms with Gasteiger partial charge < -0.3 is 23.4 Å².